The van der Waals surface area contributed by atoms with Crippen LogP contribution in [0.25, 0.3) is 0 Å². The van der Waals surface area contributed by atoms with E-state index in [0.717, 1.165) is 0 Å². The van der Waals surface area contributed by atoms with Gasteiger partial charge in [0, 0.05) is 0 Å². The molecule has 0 heteroatoms. The van der Waals surface area contributed by atoms with E-state index < -0.39 is 0 Å². The minimum absolute atomic E-state index is 1.35. The average molecular weight is 380 g/mol. The maximum Gasteiger partial charge on any atom is -0.0386 e. The fourth-order valence-corrected chi connectivity index (χ4v) is 4.05. The summed E-state index contributed by atoms with van der Waals surface area (Å²) in [4.78, 5) is 0. The fourth-order valence-electron chi connectivity index (χ4n) is 4.05. The van der Waals surface area contributed by atoms with Gasteiger partial charge < -0.3 is 0 Å². The predicted octanol–water partition coefficient (Wildman–Crippen LogP) is 10.6. The lowest BCUT2D eigenvalue weighted by Gasteiger charge is -2.04. The van der Waals surface area contributed by atoms with Crippen molar-refractivity contribution in [2.45, 2.75) is 168 Å². The van der Waals surface area contributed by atoms with Crippen molar-refractivity contribution < 1.29 is 0 Å². The first kappa shape index (κ1) is 27.0. The van der Waals surface area contributed by atoms with E-state index in [1.807, 2.05) is 0 Å². The molecule has 0 aromatic heterocycles. The van der Waals surface area contributed by atoms with E-state index in [4.69, 9.17) is 0 Å². The first-order valence-electron chi connectivity index (χ1n) is 13.2. The molecule has 1 radical (unpaired) electrons. The van der Waals surface area contributed by atoms with Gasteiger partial charge in [0.1, 0.15) is 0 Å². The Kier molecular flexibility index (Phi) is 26.0. The summed E-state index contributed by atoms with van der Waals surface area (Å²) in [6, 6.07) is 0. The quantitative estimate of drug-likeness (QED) is 0.146. The fraction of sp³-hybridized carbons (Fsp3) is 0.963. The molecule has 0 unspecified atom stereocenters. The summed E-state index contributed by atoms with van der Waals surface area (Å²) in [6.07, 6.45) is 37.4. The van der Waals surface area contributed by atoms with Gasteiger partial charge in [0.25, 0.3) is 0 Å². The van der Waals surface area contributed by atoms with E-state index in [9.17, 15) is 0 Å². The highest BCUT2D eigenvalue weighted by atomic mass is 14.0. The van der Waals surface area contributed by atoms with Crippen LogP contribution in [0.5, 0.6) is 0 Å². The van der Waals surface area contributed by atoms with Crippen LogP contribution in [0.4, 0.5) is 0 Å². The summed E-state index contributed by atoms with van der Waals surface area (Å²) in [5.41, 5.74) is 0. The van der Waals surface area contributed by atoms with Crippen LogP contribution in [-0.2, 0) is 0 Å². The number of hydrogen-bond acceptors (Lipinski definition) is 0. The zero-order chi connectivity index (χ0) is 19.7. The van der Waals surface area contributed by atoms with Gasteiger partial charge in [0.2, 0.25) is 0 Å². The van der Waals surface area contributed by atoms with E-state index in [-0.39, 0.29) is 0 Å². The van der Waals surface area contributed by atoms with Gasteiger partial charge in [-0.1, -0.05) is 168 Å². The predicted molar refractivity (Wildman–Crippen MR) is 126 cm³/mol. The Morgan fingerprint density at radius 3 is 0.852 bits per heavy atom. The van der Waals surface area contributed by atoms with Crippen molar-refractivity contribution in [2.75, 3.05) is 0 Å². The third kappa shape index (κ3) is 26.0. The second-order valence-electron chi connectivity index (χ2n) is 8.94. The Balaban J connectivity index is 2.95. The molecule has 0 spiro atoms. The molecular weight excluding hydrogens is 324 g/mol. The van der Waals surface area contributed by atoms with Crippen LogP contribution in [0, 0.1) is 6.42 Å². The second-order valence-corrected chi connectivity index (χ2v) is 8.94. The molecular formula is C27H55. The lowest BCUT2D eigenvalue weighted by atomic mass is 10.0. The van der Waals surface area contributed by atoms with Crippen LogP contribution in [0.1, 0.15) is 168 Å². The molecule has 0 aromatic rings. The van der Waals surface area contributed by atoms with E-state index in [1.54, 1.807) is 0 Å². The first-order valence-corrected chi connectivity index (χ1v) is 13.2. The monoisotopic (exact) mass is 379 g/mol. The van der Waals surface area contributed by atoms with Gasteiger partial charge in [-0.05, 0) is 6.42 Å². The third-order valence-electron chi connectivity index (χ3n) is 6.02. The zero-order valence-electron chi connectivity index (χ0n) is 19.5. The molecule has 0 saturated heterocycles. The molecule has 0 fully saturated rings. The van der Waals surface area contributed by atoms with Gasteiger partial charge in [-0.2, -0.15) is 0 Å². The zero-order valence-corrected chi connectivity index (χ0v) is 19.5. The van der Waals surface area contributed by atoms with Crippen LogP contribution in [0.15, 0.2) is 0 Å². The third-order valence-corrected chi connectivity index (χ3v) is 6.02. The maximum absolute atomic E-state index is 2.53. The minimum atomic E-state index is 1.35. The van der Waals surface area contributed by atoms with Gasteiger partial charge in [-0.3, -0.25) is 0 Å². The average Bonchev–Trinajstić information content (AvgIpc) is 2.68. The van der Waals surface area contributed by atoms with Crippen molar-refractivity contribution in [1.82, 2.24) is 0 Å². The molecule has 0 bridgehead atoms. The molecule has 0 N–H and O–H groups in total. The normalized spacial score (nSPS) is 11.3. The standard InChI is InChI=1S/C27H55/c1-3-5-7-9-11-13-15-17-19-21-23-25-27-26-24-22-20-18-16-14-12-10-8-6-4-2/h11H,3-10,12-27H2,1-2H3. The minimum Gasteiger partial charge on any atom is -0.0654 e. The van der Waals surface area contributed by atoms with Crippen LogP contribution >= 0.6 is 0 Å². The van der Waals surface area contributed by atoms with Gasteiger partial charge in [0.05, 0.1) is 0 Å². The molecule has 163 valence electrons. The molecule has 27 heavy (non-hydrogen) atoms. The lowest BCUT2D eigenvalue weighted by Crippen LogP contribution is -1.84. The number of unbranched alkanes of at least 4 members (excludes halogenated alkanes) is 24. The Bertz CT molecular complexity index is 208. The molecule has 0 nitrogen and oxygen atoms in total. The molecule has 0 aromatic carbocycles. The van der Waals surface area contributed by atoms with Crippen molar-refractivity contribution in [3.8, 4) is 0 Å². The summed E-state index contributed by atoms with van der Waals surface area (Å²) >= 11 is 0. The van der Waals surface area contributed by atoms with Crippen molar-refractivity contribution in [1.29, 1.82) is 0 Å². The second kappa shape index (κ2) is 26.0. The Hall–Kier alpha value is 0. The summed E-state index contributed by atoms with van der Waals surface area (Å²) in [5.74, 6) is 0. The Morgan fingerprint density at radius 1 is 0.296 bits per heavy atom. The summed E-state index contributed by atoms with van der Waals surface area (Å²) in [5, 5.41) is 0. The van der Waals surface area contributed by atoms with Gasteiger partial charge in [-0.25, -0.2) is 0 Å². The summed E-state index contributed by atoms with van der Waals surface area (Å²) in [6.45, 7) is 4.59. The highest BCUT2D eigenvalue weighted by molar-refractivity contribution is 4.64. The molecule has 0 atom stereocenters. The molecule has 0 aliphatic rings. The Morgan fingerprint density at radius 2 is 0.519 bits per heavy atom. The topological polar surface area (TPSA) is 0 Å². The summed E-state index contributed by atoms with van der Waals surface area (Å²) in [7, 11) is 0. The van der Waals surface area contributed by atoms with Crippen molar-refractivity contribution in [3.05, 3.63) is 6.42 Å². The van der Waals surface area contributed by atoms with Crippen LogP contribution < -0.4 is 0 Å². The van der Waals surface area contributed by atoms with E-state index >= 15 is 0 Å². The van der Waals surface area contributed by atoms with Gasteiger partial charge >= 0.3 is 0 Å². The molecule has 0 rings (SSSR count). The van der Waals surface area contributed by atoms with Crippen LogP contribution in [0.3, 0.4) is 0 Å². The molecule has 0 aliphatic carbocycles. The molecule has 0 amide bonds. The Labute approximate surface area is 174 Å². The number of rotatable bonds is 24. The highest BCUT2D eigenvalue weighted by Gasteiger charge is 1.95. The van der Waals surface area contributed by atoms with Gasteiger partial charge in [-0.15, -0.1) is 0 Å². The first-order chi connectivity index (χ1) is 13.4. The highest BCUT2D eigenvalue weighted by Crippen LogP contribution is 2.15. The van der Waals surface area contributed by atoms with E-state index in [2.05, 4.69) is 20.3 Å². The van der Waals surface area contributed by atoms with Crippen molar-refractivity contribution in [3.63, 3.8) is 0 Å². The van der Waals surface area contributed by atoms with Crippen molar-refractivity contribution in [2.24, 2.45) is 0 Å². The SMILES string of the molecule is CCCCC[CH]CCCCCCCCCCCCCCCCCCCCC. The molecule has 0 aliphatic heterocycles. The summed E-state index contributed by atoms with van der Waals surface area (Å²) < 4.78 is 0. The van der Waals surface area contributed by atoms with Crippen LogP contribution in [0.2, 0.25) is 0 Å². The largest absolute Gasteiger partial charge is 0.0654 e. The lowest BCUT2D eigenvalue weighted by molar-refractivity contribution is 0.522. The molecule has 0 saturated carbocycles. The van der Waals surface area contributed by atoms with Gasteiger partial charge in [0.15, 0.2) is 0 Å². The smallest absolute Gasteiger partial charge is 0.0386 e. The molecule has 0 heterocycles. The van der Waals surface area contributed by atoms with Crippen LogP contribution in [-0.4, -0.2) is 0 Å². The maximum atomic E-state index is 2.53. The number of hydrogen-bond donors (Lipinski definition) is 0. The van der Waals surface area contributed by atoms with E-state index in [1.165, 1.54) is 154 Å². The van der Waals surface area contributed by atoms with E-state index in [0.29, 0.717) is 0 Å². The van der Waals surface area contributed by atoms with Crippen molar-refractivity contribution >= 4 is 0 Å².